The molecule has 0 bridgehead atoms. The first-order valence-corrected chi connectivity index (χ1v) is 8.47. The first kappa shape index (κ1) is 15.2. The lowest BCUT2D eigenvalue weighted by Gasteiger charge is -2.19. The number of amides is 1. The number of nitrogens with zero attached hydrogens (tertiary/aromatic N) is 2. The van der Waals surface area contributed by atoms with Crippen LogP contribution in [0, 0.1) is 6.92 Å². The fraction of sp³-hybridized carbons (Fsp3) is 0.412. The van der Waals surface area contributed by atoms with Gasteiger partial charge in [-0.25, -0.2) is 4.98 Å². The van der Waals surface area contributed by atoms with Crippen molar-refractivity contribution >= 4 is 17.2 Å². The topological polar surface area (TPSA) is 53.4 Å². The highest BCUT2D eigenvalue weighted by molar-refractivity contribution is 7.09. The minimum absolute atomic E-state index is 0.00258. The number of aliphatic hydroxyl groups is 1. The number of hydrogen-bond acceptors (Lipinski definition) is 4. The Kier molecular flexibility index (Phi) is 4.55. The summed E-state index contributed by atoms with van der Waals surface area (Å²) in [6.45, 7) is 2.47. The summed E-state index contributed by atoms with van der Waals surface area (Å²) >= 11 is 1.52. The third-order valence-corrected chi connectivity index (χ3v) is 4.69. The van der Waals surface area contributed by atoms with E-state index in [-0.39, 0.29) is 12.5 Å². The van der Waals surface area contributed by atoms with Gasteiger partial charge in [0.05, 0.1) is 11.6 Å². The van der Waals surface area contributed by atoms with Gasteiger partial charge in [-0.1, -0.05) is 29.8 Å². The van der Waals surface area contributed by atoms with E-state index in [2.05, 4.69) is 36.2 Å². The molecule has 0 aliphatic heterocycles. The van der Waals surface area contributed by atoms with Crippen molar-refractivity contribution in [3.05, 3.63) is 51.5 Å². The first-order valence-electron chi connectivity index (χ1n) is 7.59. The fourth-order valence-corrected chi connectivity index (χ4v) is 3.26. The average Bonchev–Trinajstić information content (AvgIpc) is 3.25. The van der Waals surface area contributed by atoms with Crippen molar-refractivity contribution in [3.8, 4) is 0 Å². The molecule has 3 rings (SSSR count). The molecule has 1 aliphatic carbocycles. The van der Waals surface area contributed by atoms with Crippen LogP contribution in [0.25, 0.3) is 0 Å². The predicted octanol–water partition coefficient (Wildman–Crippen LogP) is 2.64. The molecule has 0 radical (unpaired) electrons. The van der Waals surface area contributed by atoms with Crippen LogP contribution in [0.5, 0.6) is 0 Å². The molecule has 2 aromatic rings. The summed E-state index contributed by atoms with van der Waals surface area (Å²) in [6.07, 6.45) is 2.82. The van der Waals surface area contributed by atoms with Gasteiger partial charge in [-0.05, 0) is 25.3 Å². The van der Waals surface area contributed by atoms with Gasteiger partial charge in [-0.3, -0.25) is 4.79 Å². The van der Waals surface area contributed by atoms with Crippen molar-refractivity contribution in [2.24, 2.45) is 0 Å². The van der Waals surface area contributed by atoms with Crippen LogP contribution in [0.3, 0.4) is 0 Å². The summed E-state index contributed by atoms with van der Waals surface area (Å²) in [5.74, 6) is -0.0528. The first-order chi connectivity index (χ1) is 10.7. The van der Waals surface area contributed by atoms with Gasteiger partial charge in [0.15, 0.2) is 0 Å². The molecular weight excluding hydrogens is 296 g/mol. The third-order valence-electron chi connectivity index (χ3n) is 3.84. The van der Waals surface area contributed by atoms with Gasteiger partial charge < -0.3 is 10.0 Å². The van der Waals surface area contributed by atoms with E-state index in [4.69, 9.17) is 5.11 Å². The van der Waals surface area contributed by atoms with Gasteiger partial charge in [-0.2, -0.15) is 0 Å². The molecule has 0 unspecified atom stereocenters. The number of carbonyl (C=O) groups is 1. The van der Waals surface area contributed by atoms with Crippen LogP contribution >= 0.6 is 11.3 Å². The van der Waals surface area contributed by atoms with E-state index < -0.39 is 0 Å². The van der Waals surface area contributed by atoms with Crippen LogP contribution in [-0.4, -0.2) is 40.1 Å². The van der Waals surface area contributed by atoms with Gasteiger partial charge in [0.1, 0.15) is 5.69 Å². The quantitative estimate of drug-likeness (QED) is 0.891. The van der Waals surface area contributed by atoms with Crippen LogP contribution in [0.2, 0.25) is 0 Å². The van der Waals surface area contributed by atoms with E-state index in [9.17, 15) is 4.79 Å². The summed E-state index contributed by atoms with van der Waals surface area (Å²) in [4.78, 5) is 18.7. The number of hydrogen-bond donors (Lipinski definition) is 1. The summed E-state index contributed by atoms with van der Waals surface area (Å²) in [5.41, 5.74) is 2.95. The van der Waals surface area contributed by atoms with Crippen LogP contribution in [0.4, 0.5) is 0 Å². The number of aromatic nitrogens is 1. The lowest BCUT2D eigenvalue weighted by atomic mass is 10.1. The van der Waals surface area contributed by atoms with Gasteiger partial charge in [0.2, 0.25) is 0 Å². The normalized spacial score (nSPS) is 14.1. The Morgan fingerprint density at radius 2 is 2.09 bits per heavy atom. The second kappa shape index (κ2) is 6.58. The van der Waals surface area contributed by atoms with Gasteiger partial charge in [-0.15, -0.1) is 11.3 Å². The molecule has 1 aliphatic rings. The van der Waals surface area contributed by atoms with Gasteiger partial charge >= 0.3 is 0 Å². The van der Waals surface area contributed by atoms with Crippen LogP contribution in [0.1, 0.15) is 39.5 Å². The second-order valence-corrected chi connectivity index (χ2v) is 6.68. The van der Waals surface area contributed by atoms with E-state index >= 15 is 0 Å². The predicted molar refractivity (Wildman–Crippen MR) is 87.2 cm³/mol. The Morgan fingerprint density at radius 1 is 1.36 bits per heavy atom. The molecule has 1 fully saturated rings. The minimum atomic E-state index is -0.0528. The highest BCUT2D eigenvalue weighted by atomic mass is 32.1. The standard InChI is InChI=1S/C17H20N2O2S/c1-12-2-4-13(5-3-12)10-16-18-15(11-22-16)17(21)19(8-9-20)14-6-7-14/h2-5,11,14,20H,6-10H2,1H3. The fourth-order valence-electron chi connectivity index (χ4n) is 2.46. The van der Waals surface area contributed by atoms with Crippen LogP contribution in [0.15, 0.2) is 29.6 Å². The third kappa shape index (κ3) is 3.54. The van der Waals surface area contributed by atoms with Crippen molar-refractivity contribution in [3.63, 3.8) is 0 Å². The highest BCUT2D eigenvalue weighted by Crippen LogP contribution is 2.28. The molecule has 1 N–H and O–H groups in total. The van der Waals surface area contributed by atoms with Crippen molar-refractivity contribution in [2.45, 2.75) is 32.2 Å². The zero-order valence-electron chi connectivity index (χ0n) is 12.7. The molecule has 116 valence electrons. The molecule has 1 aromatic heterocycles. The van der Waals surface area contributed by atoms with E-state index in [1.54, 1.807) is 4.90 Å². The maximum atomic E-state index is 12.5. The Morgan fingerprint density at radius 3 is 2.73 bits per heavy atom. The number of aryl methyl sites for hydroxylation is 1. The summed E-state index contributed by atoms with van der Waals surface area (Å²) < 4.78 is 0. The average molecular weight is 316 g/mol. The Balaban J connectivity index is 1.69. The second-order valence-electron chi connectivity index (χ2n) is 5.74. The lowest BCUT2D eigenvalue weighted by Crippen LogP contribution is -2.35. The van der Waals surface area contributed by atoms with Crippen molar-refractivity contribution < 1.29 is 9.90 Å². The SMILES string of the molecule is Cc1ccc(Cc2nc(C(=O)N(CCO)C3CC3)cs2)cc1. The van der Waals surface area contributed by atoms with E-state index in [1.807, 2.05) is 5.38 Å². The molecule has 5 heteroatoms. The van der Waals surface area contributed by atoms with E-state index in [0.29, 0.717) is 18.3 Å². The molecule has 1 amide bonds. The summed E-state index contributed by atoms with van der Waals surface area (Å²) in [5, 5.41) is 11.9. The van der Waals surface area contributed by atoms with Gasteiger partial charge in [0.25, 0.3) is 5.91 Å². The van der Waals surface area contributed by atoms with Crippen LogP contribution in [-0.2, 0) is 6.42 Å². The maximum Gasteiger partial charge on any atom is 0.273 e. The Hall–Kier alpha value is -1.72. The van der Waals surface area contributed by atoms with E-state index in [0.717, 1.165) is 24.3 Å². The number of carbonyl (C=O) groups excluding carboxylic acids is 1. The molecular formula is C17H20N2O2S. The molecule has 0 spiro atoms. The molecule has 0 saturated heterocycles. The van der Waals surface area contributed by atoms with Crippen molar-refractivity contribution in [1.29, 1.82) is 0 Å². The van der Waals surface area contributed by atoms with Crippen molar-refractivity contribution in [1.82, 2.24) is 9.88 Å². The molecule has 4 nitrogen and oxygen atoms in total. The number of thiazole rings is 1. The Bertz CT molecular complexity index is 647. The number of rotatable bonds is 6. The lowest BCUT2D eigenvalue weighted by molar-refractivity contribution is 0.0702. The van der Waals surface area contributed by atoms with E-state index in [1.165, 1.54) is 22.5 Å². The monoisotopic (exact) mass is 316 g/mol. The smallest absolute Gasteiger partial charge is 0.273 e. The van der Waals surface area contributed by atoms with Crippen molar-refractivity contribution in [2.75, 3.05) is 13.2 Å². The molecule has 1 aromatic carbocycles. The Labute approximate surface area is 134 Å². The molecule has 1 heterocycles. The zero-order valence-corrected chi connectivity index (χ0v) is 13.5. The van der Waals surface area contributed by atoms with Crippen LogP contribution < -0.4 is 0 Å². The molecule has 1 saturated carbocycles. The highest BCUT2D eigenvalue weighted by Gasteiger charge is 2.33. The molecule has 22 heavy (non-hydrogen) atoms. The minimum Gasteiger partial charge on any atom is -0.395 e. The zero-order chi connectivity index (χ0) is 15.5. The number of aliphatic hydroxyl groups excluding tert-OH is 1. The largest absolute Gasteiger partial charge is 0.395 e. The number of benzene rings is 1. The summed E-state index contributed by atoms with van der Waals surface area (Å²) in [6, 6.07) is 8.67. The summed E-state index contributed by atoms with van der Waals surface area (Å²) in [7, 11) is 0. The van der Waals surface area contributed by atoms with Gasteiger partial charge in [0, 0.05) is 24.4 Å². The maximum absolute atomic E-state index is 12.5. The molecule has 0 atom stereocenters.